The Labute approximate surface area is 61.3 Å². The Balaban J connectivity index is 3.34. The van der Waals surface area contributed by atoms with Gasteiger partial charge in [0.1, 0.15) is 5.75 Å². The van der Waals surface area contributed by atoms with Gasteiger partial charge in [0.2, 0.25) is 0 Å². The molecule has 0 bridgehead atoms. The van der Waals surface area contributed by atoms with E-state index < -0.39 is 0 Å². The molecule has 0 aromatic heterocycles. The molecule has 0 atom stereocenters. The third-order valence-electron chi connectivity index (χ3n) is 1.79. The van der Waals surface area contributed by atoms with Crippen molar-refractivity contribution >= 4 is 0 Å². The van der Waals surface area contributed by atoms with Crippen LogP contribution in [-0.4, -0.2) is 5.11 Å². The van der Waals surface area contributed by atoms with Crippen molar-refractivity contribution in [2.75, 3.05) is 0 Å². The van der Waals surface area contributed by atoms with Crippen LogP contribution in [0.1, 0.15) is 16.7 Å². The van der Waals surface area contributed by atoms with Crippen LogP contribution in [0.4, 0.5) is 0 Å². The van der Waals surface area contributed by atoms with Crippen molar-refractivity contribution in [3.05, 3.63) is 35.7 Å². The van der Waals surface area contributed by atoms with Crippen LogP contribution in [0.25, 0.3) is 0 Å². The van der Waals surface area contributed by atoms with E-state index in [1.54, 1.807) is 0 Å². The summed E-state index contributed by atoms with van der Waals surface area (Å²) in [5.41, 5.74) is 2.72. The number of aromatic hydroxyl groups is 1. The summed E-state index contributed by atoms with van der Waals surface area (Å²) in [6.45, 7) is 7.53. The first kappa shape index (κ1) is 7.13. The van der Waals surface area contributed by atoms with E-state index in [1.165, 1.54) is 0 Å². The monoisotopic (exact) mass is 135 g/mol. The van der Waals surface area contributed by atoms with Crippen molar-refractivity contribution in [3.8, 4) is 5.75 Å². The lowest BCUT2D eigenvalue weighted by Crippen LogP contribution is -1.83. The summed E-state index contributed by atoms with van der Waals surface area (Å²) < 4.78 is 0. The molecule has 0 aliphatic carbocycles. The zero-order valence-corrected chi connectivity index (χ0v) is 6.31. The maximum atomic E-state index is 9.32. The maximum Gasteiger partial charge on any atom is 0.121 e. The Bertz CT molecular complexity index is 224. The van der Waals surface area contributed by atoms with Crippen LogP contribution in [0, 0.1) is 20.8 Å². The average Bonchev–Trinajstić information content (AvgIpc) is 1.93. The summed E-state index contributed by atoms with van der Waals surface area (Å²) in [7, 11) is 0. The Morgan fingerprint density at radius 2 is 1.90 bits per heavy atom. The molecule has 53 valence electrons. The maximum absolute atomic E-state index is 9.32. The van der Waals surface area contributed by atoms with Crippen LogP contribution in [0.3, 0.4) is 0 Å². The lowest BCUT2D eigenvalue weighted by atomic mass is 10.1. The number of aryl methyl sites for hydroxylation is 1. The summed E-state index contributed by atoms with van der Waals surface area (Å²) in [6, 6.07) is 3.77. The van der Waals surface area contributed by atoms with Crippen molar-refractivity contribution in [3.63, 3.8) is 0 Å². The third-order valence-corrected chi connectivity index (χ3v) is 1.79. The van der Waals surface area contributed by atoms with Gasteiger partial charge in [-0.2, -0.15) is 0 Å². The van der Waals surface area contributed by atoms with Crippen molar-refractivity contribution in [2.24, 2.45) is 0 Å². The molecule has 0 amide bonds. The van der Waals surface area contributed by atoms with E-state index in [9.17, 15) is 5.11 Å². The van der Waals surface area contributed by atoms with Gasteiger partial charge in [-0.05, 0) is 37.5 Å². The predicted molar refractivity (Wildman–Crippen MR) is 42.0 cm³/mol. The highest BCUT2D eigenvalue weighted by Crippen LogP contribution is 2.23. The SMILES string of the molecule is [CH2]c1ccc(C)c(C)c1O. The summed E-state index contributed by atoms with van der Waals surface area (Å²) in [4.78, 5) is 0. The number of phenols is 1. The zero-order valence-electron chi connectivity index (χ0n) is 6.31. The van der Waals surface area contributed by atoms with Gasteiger partial charge in [-0.1, -0.05) is 12.1 Å². The van der Waals surface area contributed by atoms with Gasteiger partial charge in [0.05, 0.1) is 0 Å². The number of hydrogen-bond acceptors (Lipinski definition) is 1. The molecule has 0 spiro atoms. The second kappa shape index (κ2) is 2.33. The second-order valence-electron chi connectivity index (χ2n) is 2.52. The largest absolute Gasteiger partial charge is 0.507 e. The van der Waals surface area contributed by atoms with Gasteiger partial charge >= 0.3 is 0 Å². The normalized spacial score (nSPS) is 9.90. The number of phenolic OH excluding ortho intramolecular Hbond substituents is 1. The topological polar surface area (TPSA) is 20.2 Å². The van der Waals surface area contributed by atoms with Crippen molar-refractivity contribution in [1.29, 1.82) is 0 Å². The van der Waals surface area contributed by atoms with E-state index in [-0.39, 0.29) is 0 Å². The van der Waals surface area contributed by atoms with Crippen molar-refractivity contribution < 1.29 is 5.11 Å². The van der Waals surface area contributed by atoms with Gasteiger partial charge in [-0.3, -0.25) is 0 Å². The van der Waals surface area contributed by atoms with Crippen LogP contribution in [-0.2, 0) is 0 Å². The molecule has 0 aliphatic rings. The van der Waals surface area contributed by atoms with Gasteiger partial charge in [0.15, 0.2) is 0 Å². The molecule has 1 radical (unpaired) electrons. The Morgan fingerprint density at radius 1 is 1.30 bits per heavy atom. The van der Waals surface area contributed by atoms with E-state index >= 15 is 0 Å². The van der Waals surface area contributed by atoms with Crippen LogP contribution < -0.4 is 0 Å². The predicted octanol–water partition coefficient (Wildman–Crippen LogP) is 2.19. The van der Waals surface area contributed by atoms with Crippen molar-refractivity contribution in [2.45, 2.75) is 13.8 Å². The molecule has 0 saturated heterocycles. The average molecular weight is 135 g/mol. The summed E-state index contributed by atoms with van der Waals surface area (Å²) in [5.74, 6) is 0.319. The molecular formula is C9H11O. The standard InChI is InChI=1S/C9H11O/c1-6-4-5-7(2)9(10)8(6)3/h4-5,10H,2H2,1,3H3. The highest BCUT2D eigenvalue weighted by molar-refractivity contribution is 5.45. The zero-order chi connectivity index (χ0) is 7.72. The number of hydrogen-bond donors (Lipinski definition) is 1. The molecule has 1 aromatic carbocycles. The lowest BCUT2D eigenvalue weighted by Gasteiger charge is -2.04. The molecule has 0 unspecified atom stereocenters. The molecule has 10 heavy (non-hydrogen) atoms. The number of benzene rings is 1. The molecule has 0 heterocycles. The number of rotatable bonds is 0. The highest BCUT2D eigenvalue weighted by Gasteiger charge is 2.00. The molecule has 1 nitrogen and oxygen atoms in total. The first-order valence-corrected chi connectivity index (χ1v) is 3.24. The van der Waals surface area contributed by atoms with E-state index in [0.717, 1.165) is 11.1 Å². The molecule has 1 heteroatoms. The van der Waals surface area contributed by atoms with E-state index in [4.69, 9.17) is 0 Å². The fourth-order valence-electron chi connectivity index (χ4n) is 0.857. The minimum Gasteiger partial charge on any atom is -0.507 e. The second-order valence-corrected chi connectivity index (χ2v) is 2.52. The Morgan fingerprint density at radius 3 is 2.40 bits per heavy atom. The van der Waals surface area contributed by atoms with E-state index in [0.29, 0.717) is 11.3 Å². The fourth-order valence-corrected chi connectivity index (χ4v) is 0.857. The fraction of sp³-hybridized carbons (Fsp3) is 0.222. The van der Waals surface area contributed by atoms with Crippen molar-refractivity contribution in [1.82, 2.24) is 0 Å². The van der Waals surface area contributed by atoms with Crippen LogP contribution in [0.2, 0.25) is 0 Å². The minimum absolute atomic E-state index is 0.319. The highest BCUT2D eigenvalue weighted by atomic mass is 16.3. The van der Waals surface area contributed by atoms with E-state index in [1.807, 2.05) is 26.0 Å². The van der Waals surface area contributed by atoms with Gasteiger partial charge in [0.25, 0.3) is 0 Å². The Hall–Kier alpha value is -0.980. The van der Waals surface area contributed by atoms with Gasteiger partial charge in [-0.15, -0.1) is 0 Å². The smallest absolute Gasteiger partial charge is 0.121 e. The van der Waals surface area contributed by atoms with Gasteiger partial charge in [-0.25, -0.2) is 0 Å². The molecule has 1 N–H and O–H groups in total. The molecule has 0 aliphatic heterocycles. The third kappa shape index (κ3) is 0.991. The first-order valence-electron chi connectivity index (χ1n) is 3.24. The van der Waals surface area contributed by atoms with Crippen LogP contribution >= 0.6 is 0 Å². The summed E-state index contributed by atoms with van der Waals surface area (Å²) in [5, 5.41) is 9.32. The molecule has 0 fully saturated rings. The first-order chi connectivity index (χ1) is 4.63. The molecule has 1 aromatic rings. The lowest BCUT2D eigenvalue weighted by molar-refractivity contribution is 0.468. The van der Waals surface area contributed by atoms with E-state index in [2.05, 4.69) is 6.92 Å². The molecule has 1 rings (SSSR count). The van der Waals surface area contributed by atoms with Gasteiger partial charge < -0.3 is 5.11 Å². The summed E-state index contributed by atoms with van der Waals surface area (Å²) in [6.07, 6.45) is 0. The summed E-state index contributed by atoms with van der Waals surface area (Å²) >= 11 is 0. The van der Waals surface area contributed by atoms with Gasteiger partial charge in [0, 0.05) is 0 Å². The molecular weight excluding hydrogens is 124 g/mol. The quantitative estimate of drug-likeness (QED) is 0.578. The molecule has 0 saturated carbocycles. The Kier molecular flexibility index (Phi) is 1.66. The minimum atomic E-state index is 0.319. The van der Waals surface area contributed by atoms with Crippen LogP contribution in [0.15, 0.2) is 12.1 Å². The van der Waals surface area contributed by atoms with Crippen LogP contribution in [0.5, 0.6) is 5.75 Å².